The van der Waals surface area contributed by atoms with Crippen LogP contribution in [0.4, 0.5) is 0 Å². The molecule has 78 valence electrons. The highest BCUT2D eigenvalue weighted by molar-refractivity contribution is 9.13. The van der Waals surface area contributed by atoms with Gasteiger partial charge in [0.1, 0.15) is 10.1 Å². The number of hydrogen-bond acceptors (Lipinski definition) is 4. The number of rotatable bonds is 1. The number of halogens is 2. The van der Waals surface area contributed by atoms with Gasteiger partial charge in [-0.15, -0.1) is 0 Å². The summed E-state index contributed by atoms with van der Waals surface area (Å²) in [4.78, 5) is 11.9. The molecule has 1 fully saturated rings. The second kappa shape index (κ2) is 4.40. The summed E-state index contributed by atoms with van der Waals surface area (Å²) in [6.07, 6.45) is 1.65. The summed E-state index contributed by atoms with van der Waals surface area (Å²) in [5.41, 5.74) is 0. The Bertz CT molecular complexity index is 461. The lowest BCUT2D eigenvalue weighted by Gasteiger charge is -1.88. The Balaban J connectivity index is 2.30. The molecule has 3 nitrogen and oxygen atoms in total. The van der Waals surface area contributed by atoms with E-state index in [1.807, 2.05) is 0 Å². The van der Waals surface area contributed by atoms with Crippen LogP contribution in [0.2, 0.25) is 0 Å². The van der Waals surface area contributed by atoms with Crippen LogP contribution in [0.3, 0.4) is 0 Å². The van der Waals surface area contributed by atoms with E-state index in [0.29, 0.717) is 19.7 Å². The number of hydrogen-bond donors (Lipinski definition) is 1. The molecular weight excluding hydrogens is 366 g/mol. The normalized spacial score (nSPS) is 18.7. The van der Waals surface area contributed by atoms with E-state index in [-0.39, 0.29) is 5.91 Å². The van der Waals surface area contributed by atoms with Gasteiger partial charge < -0.3 is 9.73 Å². The maximum Gasteiger partial charge on any atom is 0.263 e. The number of carbonyl (C=O) groups excluding carboxylic acids is 1. The van der Waals surface area contributed by atoms with Crippen LogP contribution in [0.15, 0.2) is 24.5 Å². The van der Waals surface area contributed by atoms with Crippen molar-refractivity contribution in [2.75, 3.05) is 0 Å². The van der Waals surface area contributed by atoms with Crippen molar-refractivity contribution < 1.29 is 9.21 Å². The average molecular weight is 369 g/mol. The molecule has 1 aromatic rings. The van der Waals surface area contributed by atoms with Crippen molar-refractivity contribution in [3.8, 4) is 0 Å². The fourth-order valence-electron chi connectivity index (χ4n) is 0.985. The fourth-order valence-corrected chi connectivity index (χ4v) is 2.62. The van der Waals surface area contributed by atoms with Crippen molar-refractivity contribution >= 4 is 72.1 Å². The molecular formula is C8H3Br2NO2S2. The van der Waals surface area contributed by atoms with Crippen LogP contribution in [0.1, 0.15) is 5.76 Å². The van der Waals surface area contributed by atoms with Crippen molar-refractivity contribution in [2.24, 2.45) is 0 Å². The molecule has 0 unspecified atom stereocenters. The third kappa shape index (κ3) is 2.52. The van der Waals surface area contributed by atoms with Crippen molar-refractivity contribution in [3.05, 3.63) is 25.9 Å². The smallest absolute Gasteiger partial charge is 0.263 e. The maximum absolute atomic E-state index is 11.3. The molecule has 0 radical (unpaired) electrons. The van der Waals surface area contributed by atoms with Crippen LogP contribution in [-0.4, -0.2) is 10.2 Å². The zero-order valence-corrected chi connectivity index (χ0v) is 11.8. The molecule has 0 bridgehead atoms. The van der Waals surface area contributed by atoms with Crippen LogP contribution < -0.4 is 5.32 Å². The van der Waals surface area contributed by atoms with Gasteiger partial charge in [-0.3, -0.25) is 4.79 Å². The molecule has 1 aromatic heterocycles. The lowest BCUT2D eigenvalue weighted by Crippen LogP contribution is -2.17. The number of nitrogens with one attached hydrogen (secondary N) is 1. The van der Waals surface area contributed by atoms with Crippen molar-refractivity contribution in [3.63, 3.8) is 0 Å². The summed E-state index contributed by atoms with van der Waals surface area (Å²) in [6, 6.07) is 1.77. The Morgan fingerprint density at radius 3 is 2.73 bits per heavy atom. The standard InChI is InChI=1S/C8H3Br2NO2S2/c9-4-1-3(13-6(4)10)2-5-7(12)11-8(14)15-5/h1-2H,(H,11,12,14). The highest BCUT2D eigenvalue weighted by Crippen LogP contribution is 2.31. The first-order chi connectivity index (χ1) is 7.06. The highest BCUT2D eigenvalue weighted by atomic mass is 79.9. The molecule has 7 heteroatoms. The van der Waals surface area contributed by atoms with Crippen LogP contribution >= 0.6 is 55.8 Å². The summed E-state index contributed by atoms with van der Waals surface area (Å²) in [6.45, 7) is 0. The number of furan rings is 1. The fraction of sp³-hybridized carbons (Fsp3) is 0. The van der Waals surface area contributed by atoms with Crippen molar-refractivity contribution in [1.29, 1.82) is 0 Å². The van der Waals surface area contributed by atoms with E-state index in [2.05, 4.69) is 37.2 Å². The predicted molar refractivity (Wildman–Crippen MR) is 70.4 cm³/mol. The molecule has 1 saturated heterocycles. The first-order valence-electron chi connectivity index (χ1n) is 3.76. The quantitative estimate of drug-likeness (QED) is 0.610. The molecule has 0 aliphatic carbocycles. The van der Waals surface area contributed by atoms with Crippen molar-refractivity contribution in [2.45, 2.75) is 0 Å². The van der Waals surface area contributed by atoms with Gasteiger partial charge in [-0.25, -0.2) is 0 Å². The molecule has 0 saturated carbocycles. The number of amides is 1. The summed E-state index contributed by atoms with van der Waals surface area (Å²) < 4.78 is 7.19. The van der Waals surface area contributed by atoms with Crippen molar-refractivity contribution in [1.82, 2.24) is 5.32 Å². The van der Waals surface area contributed by atoms with Gasteiger partial charge in [0, 0.05) is 6.08 Å². The first-order valence-corrected chi connectivity index (χ1v) is 6.57. The molecule has 15 heavy (non-hydrogen) atoms. The minimum atomic E-state index is -0.186. The third-order valence-electron chi connectivity index (χ3n) is 1.58. The van der Waals surface area contributed by atoms with E-state index < -0.39 is 0 Å². The Kier molecular flexibility index (Phi) is 3.34. The Morgan fingerprint density at radius 2 is 2.27 bits per heavy atom. The van der Waals surface area contributed by atoms with Crippen LogP contribution in [0.25, 0.3) is 6.08 Å². The molecule has 1 aliphatic rings. The number of thiocarbonyl (C=S) groups is 1. The predicted octanol–water partition coefficient (Wildman–Crippen LogP) is 3.29. The maximum atomic E-state index is 11.3. The van der Waals surface area contributed by atoms with Gasteiger partial charge in [-0.1, -0.05) is 24.0 Å². The zero-order valence-electron chi connectivity index (χ0n) is 7.04. The summed E-state index contributed by atoms with van der Waals surface area (Å²) in [5, 5.41) is 2.53. The lowest BCUT2D eigenvalue weighted by molar-refractivity contribution is -0.115. The third-order valence-corrected chi connectivity index (χ3v) is 4.45. The summed E-state index contributed by atoms with van der Waals surface area (Å²) in [7, 11) is 0. The van der Waals surface area contributed by atoms with Crippen LogP contribution in [0.5, 0.6) is 0 Å². The van der Waals surface area contributed by atoms with Gasteiger partial charge in [-0.2, -0.15) is 0 Å². The Labute approximate surface area is 112 Å². The lowest BCUT2D eigenvalue weighted by atomic mass is 10.4. The Morgan fingerprint density at radius 1 is 1.53 bits per heavy atom. The second-order valence-electron chi connectivity index (χ2n) is 2.62. The monoisotopic (exact) mass is 367 g/mol. The molecule has 2 heterocycles. The van der Waals surface area contributed by atoms with E-state index in [1.165, 1.54) is 11.8 Å². The van der Waals surface area contributed by atoms with Gasteiger partial charge in [0.2, 0.25) is 0 Å². The molecule has 0 atom stereocenters. The molecule has 1 amide bonds. The topological polar surface area (TPSA) is 42.2 Å². The van der Waals surface area contributed by atoms with Gasteiger partial charge >= 0.3 is 0 Å². The van der Waals surface area contributed by atoms with Gasteiger partial charge in [0.05, 0.1) is 9.38 Å². The van der Waals surface area contributed by atoms with Crippen LogP contribution in [-0.2, 0) is 4.79 Å². The van der Waals surface area contributed by atoms with E-state index in [4.69, 9.17) is 16.6 Å². The minimum absolute atomic E-state index is 0.186. The van der Waals surface area contributed by atoms with E-state index in [9.17, 15) is 4.79 Å². The summed E-state index contributed by atoms with van der Waals surface area (Å²) >= 11 is 12.6. The van der Waals surface area contributed by atoms with E-state index in [0.717, 1.165) is 4.47 Å². The number of thioether (sulfide) groups is 1. The molecule has 0 spiro atoms. The second-order valence-corrected chi connectivity index (χ2v) is 5.92. The van der Waals surface area contributed by atoms with E-state index in [1.54, 1.807) is 12.1 Å². The van der Waals surface area contributed by atoms with Gasteiger partial charge in [0.25, 0.3) is 5.91 Å². The zero-order chi connectivity index (χ0) is 11.0. The van der Waals surface area contributed by atoms with Crippen LogP contribution in [0, 0.1) is 0 Å². The largest absolute Gasteiger partial charge is 0.449 e. The van der Waals surface area contributed by atoms with Gasteiger partial charge in [0.15, 0.2) is 4.67 Å². The van der Waals surface area contributed by atoms with E-state index >= 15 is 0 Å². The SMILES string of the molecule is O=C1NC(=S)SC1=Cc1cc(Br)c(Br)o1. The number of carbonyl (C=O) groups is 1. The Hall–Kier alpha value is -0.110. The highest BCUT2D eigenvalue weighted by Gasteiger charge is 2.22. The molecule has 1 N–H and O–H groups in total. The first kappa shape index (κ1) is 11.4. The minimum Gasteiger partial charge on any atom is -0.449 e. The molecule has 0 aromatic carbocycles. The summed E-state index contributed by atoms with van der Waals surface area (Å²) in [5.74, 6) is 0.407. The molecule has 2 rings (SSSR count). The van der Waals surface area contributed by atoms with Gasteiger partial charge in [-0.05, 0) is 37.9 Å². The molecule has 1 aliphatic heterocycles. The average Bonchev–Trinajstić information content (AvgIpc) is 2.59.